The molecule has 1 aliphatic heterocycles. The van der Waals surface area contributed by atoms with E-state index in [1.54, 1.807) is 18.9 Å². The van der Waals surface area contributed by atoms with Gasteiger partial charge in [-0.25, -0.2) is 0 Å². The molecule has 5 nitrogen and oxygen atoms in total. The van der Waals surface area contributed by atoms with Gasteiger partial charge in [0.25, 0.3) is 5.91 Å². The van der Waals surface area contributed by atoms with E-state index in [2.05, 4.69) is 5.32 Å². The van der Waals surface area contributed by atoms with Gasteiger partial charge >= 0.3 is 0 Å². The SMILES string of the molecule is COCC(C)CN1CC(=O)NC(C)(c2ccccc2)C1=O. The highest BCUT2D eigenvalue weighted by Gasteiger charge is 2.44. The van der Waals surface area contributed by atoms with Crippen LogP contribution in [0.25, 0.3) is 0 Å². The van der Waals surface area contributed by atoms with Crippen LogP contribution in [0.5, 0.6) is 0 Å². The lowest BCUT2D eigenvalue weighted by molar-refractivity contribution is -0.150. The Kier molecular flexibility index (Phi) is 4.63. The minimum absolute atomic E-state index is 0.0729. The van der Waals surface area contributed by atoms with Gasteiger partial charge in [0.1, 0.15) is 5.54 Å². The van der Waals surface area contributed by atoms with Crippen LogP contribution in [0.3, 0.4) is 0 Å². The van der Waals surface area contributed by atoms with Crippen LogP contribution in [0.1, 0.15) is 19.4 Å². The fraction of sp³-hybridized carbons (Fsp3) is 0.500. The van der Waals surface area contributed by atoms with E-state index in [-0.39, 0.29) is 24.3 Å². The van der Waals surface area contributed by atoms with Crippen molar-refractivity contribution < 1.29 is 14.3 Å². The number of hydrogen-bond donors (Lipinski definition) is 1. The van der Waals surface area contributed by atoms with Gasteiger partial charge in [0.05, 0.1) is 13.2 Å². The normalized spacial score (nSPS) is 23.9. The maximum atomic E-state index is 12.8. The van der Waals surface area contributed by atoms with Crippen molar-refractivity contribution in [3.63, 3.8) is 0 Å². The number of benzene rings is 1. The molecule has 1 fully saturated rings. The highest BCUT2D eigenvalue weighted by molar-refractivity contribution is 5.98. The fourth-order valence-corrected chi connectivity index (χ4v) is 2.76. The Balaban J connectivity index is 2.23. The first kappa shape index (κ1) is 15.5. The second-order valence-corrected chi connectivity index (χ2v) is 5.79. The van der Waals surface area contributed by atoms with Gasteiger partial charge in [-0.05, 0) is 18.4 Å². The van der Waals surface area contributed by atoms with Gasteiger partial charge in [-0.15, -0.1) is 0 Å². The summed E-state index contributed by atoms with van der Waals surface area (Å²) < 4.78 is 5.11. The smallest absolute Gasteiger partial charge is 0.253 e. The van der Waals surface area contributed by atoms with Crippen molar-refractivity contribution in [3.8, 4) is 0 Å². The first-order valence-electron chi connectivity index (χ1n) is 7.12. The molecule has 0 aliphatic carbocycles. The second-order valence-electron chi connectivity index (χ2n) is 5.79. The van der Waals surface area contributed by atoms with Crippen molar-refractivity contribution in [1.82, 2.24) is 10.2 Å². The van der Waals surface area contributed by atoms with E-state index in [1.807, 2.05) is 37.3 Å². The zero-order valence-electron chi connectivity index (χ0n) is 12.8. The lowest BCUT2D eigenvalue weighted by Gasteiger charge is -2.40. The third-order valence-electron chi connectivity index (χ3n) is 3.77. The fourth-order valence-electron chi connectivity index (χ4n) is 2.76. The molecule has 2 rings (SSSR count). The number of ether oxygens (including phenoxy) is 1. The van der Waals surface area contributed by atoms with Crippen LogP contribution in [-0.4, -0.2) is 43.5 Å². The Bertz CT molecular complexity index is 518. The Hall–Kier alpha value is -1.88. The topological polar surface area (TPSA) is 58.6 Å². The molecule has 5 heteroatoms. The number of nitrogens with zero attached hydrogens (tertiary/aromatic N) is 1. The molecule has 114 valence electrons. The van der Waals surface area contributed by atoms with Gasteiger partial charge in [0.2, 0.25) is 5.91 Å². The van der Waals surface area contributed by atoms with Crippen LogP contribution in [0.4, 0.5) is 0 Å². The summed E-state index contributed by atoms with van der Waals surface area (Å²) in [5.41, 5.74) is -0.198. The Labute approximate surface area is 125 Å². The van der Waals surface area contributed by atoms with Gasteiger partial charge in [-0.2, -0.15) is 0 Å². The summed E-state index contributed by atoms with van der Waals surface area (Å²) in [4.78, 5) is 26.4. The van der Waals surface area contributed by atoms with E-state index < -0.39 is 5.54 Å². The molecule has 1 aromatic rings. The molecule has 1 saturated heterocycles. The van der Waals surface area contributed by atoms with E-state index in [4.69, 9.17) is 4.74 Å². The first-order valence-corrected chi connectivity index (χ1v) is 7.12. The maximum absolute atomic E-state index is 12.8. The second kappa shape index (κ2) is 6.26. The molecule has 21 heavy (non-hydrogen) atoms. The quantitative estimate of drug-likeness (QED) is 0.885. The van der Waals surface area contributed by atoms with Gasteiger partial charge in [-0.3, -0.25) is 9.59 Å². The Morgan fingerprint density at radius 3 is 2.62 bits per heavy atom. The van der Waals surface area contributed by atoms with Crippen LogP contribution in [0.2, 0.25) is 0 Å². The van der Waals surface area contributed by atoms with E-state index in [1.165, 1.54) is 0 Å². The van der Waals surface area contributed by atoms with Crippen LogP contribution in [0.15, 0.2) is 30.3 Å². The highest BCUT2D eigenvalue weighted by Crippen LogP contribution is 2.26. The average molecular weight is 290 g/mol. The van der Waals surface area contributed by atoms with Crippen molar-refractivity contribution in [3.05, 3.63) is 35.9 Å². The average Bonchev–Trinajstić information content (AvgIpc) is 2.45. The molecule has 0 bridgehead atoms. The molecule has 2 amide bonds. The number of carbonyl (C=O) groups is 2. The molecular weight excluding hydrogens is 268 g/mol. The Morgan fingerprint density at radius 2 is 2.00 bits per heavy atom. The first-order chi connectivity index (χ1) is 9.97. The molecular formula is C16H22N2O3. The summed E-state index contributed by atoms with van der Waals surface area (Å²) in [5, 5.41) is 2.83. The monoisotopic (exact) mass is 290 g/mol. The molecule has 0 radical (unpaired) electrons. The van der Waals surface area contributed by atoms with Gasteiger partial charge in [-0.1, -0.05) is 37.3 Å². The largest absolute Gasteiger partial charge is 0.384 e. The number of methoxy groups -OCH3 is 1. The van der Waals surface area contributed by atoms with Gasteiger partial charge < -0.3 is 15.0 Å². The van der Waals surface area contributed by atoms with Crippen molar-refractivity contribution in [2.24, 2.45) is 5.92 Å². The number of nitrogens with one attached hydrogen (secondary N) is 1. The molecule has 1 aromatic carbocycles. The van der Waals surface area contributed by atoms with E-state index in [0.717, 1.165) is 5.56 Å². The zero-order chi connectivity index (χ0) is 15.5. The summed E-state index contributed by atoms with van der Waals surface area (Å²) in [7, 11) is 1.63. The molecule has 0 aromatic heterocycles. The summed E-state index contributed by atoms with van der Waals surface area (Å²) in [5.74, 6) is -0.0216. The number of piperazine rings is 1. The minimum atomic E-state index is -0.997. The maximum Gasteiger partial charge on any atom is 0.253 e. The molecule has 1 heterocycles. The van der Waals surface area contributed by atoms with Gasteiger partial charge in [0.15, 0.2) is 0 Å². The van der Waals surface area contributed by atoms with Crippen molar-refractivity contribution in [2.45, 2.75) is 19.4 Å². The lowest BCUT2D eigenvalue weighted by atomic mass is 9.88. The molecule has 2 unspecified atom stereocenters. The van der Waals surface area contributed by atoms with Gasteiger partial charge in [0, 0.05) is 13.7 Å². The molecule has 1 aliphatic rings. The summed E-state index contributed by atoms with van der Waals surface area (Å²) in [6, 6.07) is 9.35. The summed E-state index contributed by atoms with van der Waals surface area (Å²) in [6.45, 7) is 4.95. The predicted molar refractivity (Wildman–Crippen MR) is 79.6 cm³/mol. The van der Waals surface area contributed by atoms with Crippen LogP contribution >= 0.6 is 0 Å². The minimum Gasteiger partial charge on any atom is -0.384 e. The number of amides is 2. The number of hydrogen-bond acceptors (Lipinski definition) is 3. The molecule has 0 spiro atoms. The molecule has 0 saturated carbocycles. The van der Waals surface area contributed by atoms with E-state index >= 15 is 0 Å². The van der Waals surface area contributed by atoms with Crippen molar-refractivity contribution in [2.75, 3.05) is 26.8 Å². The molecule has 2 atom stereocenters. The van der Waals surface area contributed by atoms with Crippen LogP contribution < -0.4 is 5.32 Å². The van der Waals surface area contributed by atoms with Crippen LogP contribution in [-0.2, 0) is 19.9 Å². The highest BCUT2D eigenvalue weighted by atomic mass is 16.5. The zero-order valence-corrected chi connectivity index (χ0v) is 12.8. The van der Waals surface area contributed by atoms with Crippen molar-refractivity contribution >= 4 is 11.8 Å². The summed E-state index contributed by atoms with van der Waals surface area (Å²) in [6.07, 6.45) is 0. The van der Waals surface area contributed by atoms with Crippen molar-refractivity contribution in [1.29, 1.82) is 0 Å². The van der Waals surface area contributed by atoms with E-state index in [9.17, 15) is 9.59 Å². The Morgan fingerprint density at radius 1 is 1.33 bits per heavy atom. The summed E-state index contributed by atoms with van der Waals surface area (Å²) >= 11 is 0. The number of carbonyl (C=O) groups excluding carboxylic acids is 2. The standard InChI is InChI=1S/C16H22N2O3/c1-12(11-21-3)9-18-10-14(19)17-16(2,15(18)20)13-7-5-4-6-8-13/h4-8,12H,9-11H2,1-3H3,(H,17,19). The predicted octanol–water partition coefficient (Wildman–Crippen LogP) is 1.14. The van der Waals surface area contributed by atoms with E-state index in [0.29, 0.717) is 13.2 Å². The third-order valence-corrected chi connectivity index (χ3v) is 3.77. The lowest BCUT2D eigenvalue weighted by Crippen LogP contribution is -2.63. The molecule has 1 N–H and O–H groups in total. The van der Waals surface area contributed by atoms with Crippen LogP contribution in [0, 0.1) is 5.92 Å². The third kappa shape index (κ3) is 3.24. The number of rotatable bonds is 5.